The van der Waals surface area contributed by atoms with Crippen molar-refractivity contribution in [1.29, 1.82) is 5.26 Å². The number of hydrogen-bond acceptors (Lipinski definition) is 4. The summed E-state index contributed by atoms with van der Waals surface area (Å²) >= 11 is 0. The van der Waals surface area contributed by atoms with E-state index in [4.69, 9.17) is 19.3 Å². The van der Waals surface area contributed by atoms with Gasteiger partial charge in [-0.1, -0.05) is 24.8 Å². The van der Waals surface area contributed by atoms with Crippen molar-refractivity contribution in [3.63, 3.8) is 0 Å². The first-order valence-corrected chi connectivity index (χ1v) is 8.82. The van der Waals surface area contributed by atoms with Crippen molar-refractivity contribution in [3.05, 3.63) is 24.3 Å². The van der Waals surface area contributed by atoms with Crippen molar-refractivity contribution in [1.82, 2.24) is 0 Å². The van der Waals surface area contributed by atoms with Gasteiger partial charge in [0, 0.05) is 5.97 Å². The number of rotatable bonds is 3. The zero-order valence-electron chi connectivity index (χ0n) is 15.0. The second-order valence-electron chi connectivity index (χ2n) is 7.88. The lowest BCUT2D eigenvalue weighted by Gasteiger charge is -2.32. The molecule has 0 saturated carbocycles. The summed E-state index contributed by atoms with van der Waals surface area (Å²) in [6.45, 7) is 8.43. The molecule has 4 nitrogen and oxygen atoms in total. The van der Waals surface area contributed by atoms with E-state index < -0.39 is 0 Å². The maximum atomic E-state index is 8.96. The van der Waals surface area contributed by atoms with Crippen LogP contribution in [0.1, 0.15) is 40.5 Å². The van der Waals surface area contributed by atoms with Gasteiger partial charge < -0.3 is 14.0 Å². The lowest BCUT2D eigenvalue weighted by molar-refractivity contribution is 0.00578. The van der Waals surface area contributed by atoms with Crippen LogP contribution in [0.4, 0.5) is 0 Å². The minimum absolute atomic E-state index is 0.204. The number of nitrogens with zero attached hydrogens (tertiary/aromatic N) is 1. The van der Waals surface area contributed by atoms with Crippen LogP contribution >= 0.6 is 0 Å². The maximum Gasteiger partial charge on any atom is 0.494 e. The molecule has 2 saturated heterocycles. The van der Waals surface area contributed by atoms with E-state index in [2.05, 4.69) is 33.7 Å². The number of hydrogen-bond donors (Lipinski definition) is 0. The Morgan fingerprint density at radius 2 is 1.58 bits per heavy atom. The van der Waals surface area contributed by atoms with Gasteiger partial charge in [0.1, 0.15) is 5.75 Å². The minimum atomic E-state index is -0.338. The SMILES string of the molecule is CC1(C)OB(c2ccc(OC3CCB(C#N)CC3)cc2)OC1(C)C. The van der Waals surface area contributed by atoms with Gasteiger partial charge >= 0.3 is 7.12 Å². The molecule has 0 N–H and O–H groups in total. The largest absolute Gasteiger partial charge is 0.494 e. The Labute approximate surface area is 145 Å². The molecule has 126 valence electrons. The second kappa shape index (κ2) is 6.46. The summed E-state index contributed by atoms with van der Waals surface area (Å²) in [5.41, 5.74) is 0.354. The van der Waals surface area contributed by atoms with E-state index in [0.29, 0.717) is 0 Å². The second-order valence-corrected chi connectivity index (χ2v) is 7.88. The average molecular weight is 325 g/mol. The Morgan fingerprint density at radius 3 is 2.08 bits per heavy atom. The molecule has 0 bridgehead atoms. The zero-order valence-corrected chi connectivity index (χ0v) is 15.0. The molecule has 0 atom stereocenters. The van der Waals surface area contributed by atoms with Gasteiger partial charge in [0.15, 0.2) is 0 Å². The standard InChI is InChI=1S/C18H25B2NO3/c1-17(2)18(3,4)24-20(23-17)14-5-7-15(8-6-14)22-16-9-11-19(13-21)12-10-16/h5-8,16H,9-12H2,1-4H3. The van der Waals surface area contributed by atoms with Crippen LogP contribution in [0.25, 0.3) is 0 Å². The van der Waals surface area contributed by atoms with E-state index in [1.807, 2.05) is 24.3 Å². The van der Waals surface area contributed by atoms with Crippen molar-refractivity contribution in [2.24, 2.45) is 0 Å². The van der Waals surface area contributed by atoms with E-state index in [9.17, 15) is 0 Å². The van der Waals surface area contributed by atoms with Gasteiger partial charge in [-0.15, -0.1) is 0 Å². The maximum absolute atomic E-state index is 8.96. The van der Waals surface area contributed by atoms with Crippen LogP contribution in [-0.4, -0.2) is 31.1 Å². The van der Waals surface area contributed by atoms with Crippen LogP contribution in [0.15, 0.2) is 24.3 Å². The van der Waals surface area contributed by atoms with Crippen molar-refractivity contribution >= 4 is 19.3 Å². The molecule has 0 aromatic heterocycles. The Hall–Kier alpha value is -1.44. The lowest BCUT2D eigenvalue weighted by atomic mass is 9.42. The van der Waals surface area contributed by atoms with Crippen molar-refractivity contribution < 1.29 is 14.0 Å². The molecule has 24 heavy (non-hydrogen) atoms. The summed E-state index contributed by atoms with van der Waals surface area (Å²) in [7, 11) is -0.338. The normalized spacial score (nSPS) is 23.1. The first-order chi connectivity index (χ1) is 11.3. The highest BCUT2D eigenvalue weighted by atomic mass is 16.7. The fourth-order valence-electron chi connectivity index (χ4n) is 3.18. The topological polar surface area (TPSA) is 51.5 Å². The molecular formula is C18H25B2NO3. The third-order valence-corrected chi connectivity index (χ3v) is 5.57. The molecule has 2 aliphatic heterocycles. The van der Waals surface area contributed by atoms with Crippen LogP contribution in [0.5, 0.6) is 5.75 Å². The van der Waals surface area contributed by atoms with Gasteiger partial charge in [0.05, 0.1) is 17.3 Å². The molecule has 1 aromatic carbocycles. The predicted molar refractivity (Wildman–Crippen MR) is 96.8 cm³/mol. The van der Waals surface area contributed by atoms with Crippen LogP contribution in [0.2, 0.25) is 12.6 Å². The summed E-state index contributed by atoms with van der Waals surface area (Å²) in [5.74, 6) is 3.23. The minimum Gasteiger partial charge on any atom is -0.491 e. The molecule has 0 amide bonds. The molecule has 0 unspecified atom stereocenters. The van der Waals surface area contributed by atoms with Crippen LogP contribution in [0.3, 0.4) is 0 Å². The van der Waals surface area contributed by atoms with Crippen molar-refractivity contribution in [2.75, 3.05) is 0 Å². The molecule has 6 heteroatoms. The van der Waals surface area contributed by atoms with E-state index in [1.54, 1.807) is 0 Å². The van der Waals surface area contributed by atoms with E-state index >= 15 is 0 Å². The Bertz CT molecular complexity index is 600. The van der Waals surface area contributed by atoms with Crippen LogP contribution in [-0.2, 0) is 9.31 Å². The van der Waals surface area contributed by atoms with Crippen LogP contribution < -0.4 is 10.2 Å². The molecule has 2 heterocycles. The van der Waals surface area contributed by atoms with Gasteiger partial charge in [-0.2, -0.15) is 0 Å². The quantitative estimate of drug-likeness (QED) is 0.802. The van der Waals surface area contributed by atoms with Gasteiger partial charge in [-0.25, -0.2) is 5.26 Å². The van der Waals surface area contributed by atoms with E-state index in [-0.39, 0.29) is 31.1 Å². The third-order valence-electron chi connectivity index (χ3n) is 5.57. The molecule has 1 aromatic rings. The van der Waals surface area contributed by atoms with Gasteiger partial charge in [0.2, 0.25) is 0 Å². The molecule has 2 fully saturated rings. The summed E-state index contributed by atoms with van der Waals surface area (Å²) in [6.07, 6.45) is 4.01. The van der Waals surface area contributed by atoms with Gasteiger partial charge in [-0.05, 0) is 58.1 Å². The van der Waals surface area contributed by atoms with Crippen molar-refractivity contribution in [3.8, 4) is 11.7 Å². The van der Waals surface area contributed by atoms with Crippen molar-refractivity contribution in [2.45, 2.75) is 70.5 Å². The molecular weight excluding hydrogens is 300 g/mol. The summed E-state index contributed by atoms with van der Waals surface area (Å²) < 4.78 is 18.2. The predicted octanol–water partition coefficient (Wildman–Crippen LogP) is 3.08. The third kappa shape index (κ3) is 3.48. The molecule has 0 radical (unpaired) electrons. The lowest BCUT2D eigenvalue weighted by Crippen LogP contribution is -2.41. The zero-order chi connectivity index (χ0) is 17.4. The fraction of sp³-hybridized carbons (Fsp3) is 0.611. The van der Waals surface area contributed by atoms with Gasteiger partial charge in [-0.3, -0.25) is 0 Å². The first kappa shape index (κ1) is 17.4. The Kier molecular flexibility index (Phi) is 4.68. The highest BCUT2D eigenvalue weighted by Gasteiger charge is 2.51. The fourth-order valence-corrected chi connectivity index (χ4v) is 3.18. The van der Waals surface area contributed by atoms with E-state index in [0.717, 1.165) is 36.7 Å². The number of benzene rings is 1. The molecule has 3 rings (SSSR count). The van der Waals surface area contributed by atoms with E-state index in [1.165, 1.54) is 0 Å². The highest BCUT2D eigenvalue weighted by Crippen LogP contribution is 2.36. The Morgan fingerprint density at radius 1 is 1.04 bits per heavy atom. The molecule has 2 aliphatic rings. The molecule has 0 spiro atoms. The van der Waals surface area contributed by atoms with Gasteiger partial charge in [0.25, 0.3) is 6.71 Å². The highest BCUT2D eigenvalue weighted by molar-refractivity contribution is 6.67. The number of ether oxygens (including phenoxy) is 1. The van der Waals surface area contributed by atoms with Crippen LogP contribution in [0, 0.1) is 11.2 Å². The Balaban J connectivity index is 1.60. The monoisotopic (exact) mass is 325 g/mol. The molecule has 0 aliphatic carbocycles. The average Bonchev–Trinajstić information content (AvgIpc) is 2.77. The summed E-state index contributed by atoms with van der Waals surface area (Å²) in [5, 5.41) is 8.96. The summed E-state index contributed by atoms with van der Waals surface area (Å²) in [6, 6.07) is 7.99. The smallest absolute Gasteiger partial charge is 0.491 e. The number of nitriles is 1. The first-order valence-electron chi connectivity index (χ1n) is 8.82. The summed E-state index contributed by atoms with van der Waals surface area (Å²) in [4.78, 5) is 0.